The summed E-state index contributed by atoms with van der Waals surface area (Å²) in [6, 6.07) is 13.1. The number of hydrogen-bond acceptors (Lipinski definition) is 3. The molecule has 5 heteroatoms. The molecule has 138 valence electrons. The van der Waals surface area contributed by atoms with E-state index in [0.29, 0.717) is 17.2 Å². The quantitative estimate of drug-likeness (QED) is 0.813. The van der Waals surface area contributed by atoms with Crippen LogP contribution in [0.25, 0.3) is 0 Å². The molecule has 0 bridgehead atoms. The van der Waals surface area contributed by atoms with Crippen molar-refractivity contribution in [1.29, 1.82) is 0 Å². The third kappa shape index (κ3) is 5.18. The zero-order valence-corrected chi connectivity index (χ0v) is 15.9. The summed E-state index contributed by atoms with van der Waals surface area (Å²) in [5.41, 5.74) is 1.04. The van der Waals surface area contributed by atoms with Gasteiger partial charge in [-0.3, -0.25) is 9.59 Å². The minimum Gasteiger partial charge on any atom is -0.352 e. The zero-order chi connectivity index (χ0) is 18.4. The molecule has 1 saturated carbocycles. The molecule has 1 fully saturated rings. The Hall–Kier alpha value is -2.14. The standard InChI is InChI=1S/C21H26N2O2S/c1-15-7-5-10-17(13-15)22-20(24)18(14-16-8-3-2-4-9-16)23-21(25)19-11-6-12-26-19/h2-4,6,8-9,11-12,15,17-18H,5,7,10,13-14H2,1H3,(H,22,24)(H,23,25). The Labute approximate surface area is 159 Å². The molecule has 0 saturated heterocycles. The maximum atomic E-state index is 12.9. The fraction of sp³-hybridized carbons (Fsp3) is 0.429. The molecule has 3 atom stereocenters. The van der Waals surface area contributed by atoms with Crippen LogP contribution in [0.1, 0.15) is 47.8 Å². The number of carbonyl (C=O) groups excluding carboxylic acids is 2. The topological polar surface area (TPSA) is 58.2 Å². The molecule has 1 aliphatic carbocycles. The van der Waals surface area contributed by atoms with Crippen LogP contribution < -0.4 is 10.6 Å². The Morgan fingerprint density at radius 3 is 2.65 bits per heavy atom. The molecule has 1 aromatic carbocycles. The monoisotopic (exact) mass is 370 g/mol. The Bertz CT molecular complexity index is 715. The molecule has 3 rings (SSSR count). The molecule has 1 aliphatic rings. The van der Waals surface area contributed by atoms with Crippen LogP contribution in [0, 0.1) is 5.92 Å². The van der Waals surface area contributed by atoms with Gasteiger partial charge in [0, 0.05) is 12.5 Å². The van der Waals surface area contributed by atoms with Gasteiger partial charge in [0.15, 0.2) is 0 Å². The van der Waals surface area contributed by atoms with Crippen molar-refractivity contribution in [1.82, 2.24) is 10.6 Å². The molecule has 26 heavy (non-hydrogen) atoms. The van der Waals surface area contributed by atoms with Crippen LogP contribution in [0.2, 0.25) is 0 Å². The van der Waals surface area contributed by atoms with Gasteiger partial charge in [-0.05, 0) is 35.8 Å². The summed E-state index contributed by atoms with van der Waals surface area (Å²) in [7, 11) is 0. The molecular weight excluding hydrogens is 344 g/mol. The van der Waals surface area contributed by atoms with Gasteiger partial charge in [-0.2, -0.15) is 0 Å². The molecule has 3 unspecified atom stereocenters. The largest absolute Gasteiger partial charge is 0.352 e. The highest BCUT2D eigenvalue weighted by molar-refractivity contribution is 7.12. The lowest BCUT2D eigenvalue weighted by molar-refractivity contribution is -0.124. The smallest absolute Gasteiger partial charge is 0.262 e. The van der Waals surface area contributed by atoms with Gasteiger partial charge in [-0.15, -0.1) is 11.3 Å². The molecule has 2 aromatic rings. The Morgan fingerprint density at radius 2 is 1.96 bits per heavy atom. The summed E-state index contributed by atoms with van der Waals surface area (Å²) in [5, 5.41) is 7.96. The van der Waals surface area contributed by atoms with Gasteiger partial charge in [0.05, 0.1) is 4.88 Å². The molecule has 0 aliphatic heterocycles. The summed E-state index contributed by atoms with van der Waals surface area (Å²) in [5.74, 6) is 0.369. The Balaban J connectivity index is 1.68. The van der Waals surface area contributed by atoms with Crippen LogP contribution in [0.15, 0.2) is 47.8 Å². The first-order valence-electron chi connectivity index (χ1n) is 9.30. The van der Waals surface area contributed by atoms with E-state index in [2.05, 4.69) is 17.6 Å². The minimum absolute atomic E-state index is 0.0853. The number of carbonyl (C=O) groups is 2. The van der Waals surface area contributed by atoms with Gasteiger partial charge in [0.2, 0.25) is 5.91 Å². The van der Waals surface area contributed by atoms with Crippen LogP contribution in [-0.2, 0) is 11.2 Å². The highest BCUT2D eigenvalue weighted by Gasteiger charge is 2.26. The highest BCUT2D eigenvalue weighted by Crippen LogP contribution is 2.23. The molecule has 4 nitrogen and oxygen atoms in total. The van der Waals surface area contributed by atoms with E-state index < -0.39 is 6.04 Å². The van der Waals surface area contributed by atoms with Crippen molar-refractivity contribution in [2.75, 3.05) is 0 Å². The van der Waals surface area contributed by atoms with E-state index >= 15 is 0 Å². The lowest BCUT2D eigenvalue weighted by atomic mass is 9.87. The summed E-state index contributed by atoms with van der Waals surface area (Å²) in [6.07, 6.45) is 4.91. The number of amides is 2. The van der Waals surface area contributed by atoms with E-state index in [0.717, 1.165) is 24.8 Å². The third-order valence-electron chi connectivity index (χ3n) is 4.93. The van der Waals surface area contributed by atoms with Gasteiger partial charge in [0.1, 0.15) is 6.04 Å². The summed E-state index contributed by atoms with van der Waals surface area (Å²) < 4.78 is 0. The second kappa shape index (κ2) is 8.99. The molecule has 2 amide bonds. The van der Waals surface area contributed by atoms with Crippen LogP contribution >= 0.6 is 11.3 Å². The van der Waals surface area contributed by atoms with E-state index in [1.165, 1.54) is 17.8 Å². The molecule has 1 heterocycles. The van der Waals surface area contributed by atoms with Crippen LogP contribution in [-0.4, -0.2) is 23.9 Å². The third-order valence-corrected chi connectivity index (χ3v) is 5.80. The Kier molecular flexibility index (Phi) is 6.45. The van der Waals surface area contributed by atoms with E-state index in [1.54, 1.807) is 6.07 Å². The Morgan fingerprint density at radius 1 is 1.15 bits per heavy atom. The first-order valence-corrected chi connectivity index (χ1v) is 10.2. The SMILES string of the molecule is CC1CCCC(NC(=O)C(Cc2ccccc2)NC(=O)c2cccs2)C1. The van der Waals surface area contributed by atoms with Crippen LogP contribution in [0.4, 0.5) is 0 Å². The van der Waals surface area contributed by atoms with Crippen molar-refractivity contribution in [3.63, 3.8) is 0 Å². The van der Waals surface area contributed by atoms with Crippen molar-refractivity contribution in [2.45, 2.75) is 51.1 Å². The fourth-order valence-electron chi connectivity index (χ4n) is 3.56. The van der Waals surface area contributed by atoms with E-state index in [-0.39, 0.29) is 17.9 Å². The average Bonchev–Trinajstić information content (AvgIpc) is 3.17. The van der Waals surface area contributed by atoms with Gasteiger partial charge in [-0.1, -0.05) is 56.2 Å². The number of benzene rings is 1. The van der Waals surface area contributed by atoms with Crippen molar-refractivity contribution >= 4 is 23.2 Å². The summed E-state index contributed by atoms with van der Waals surface area (Å²) in [6.45, 7) is 2.23. The summed E-state index contributed by atoms with van der Waals surface area (Å²) >= 11 is 1.38. The van der Waals surface area contributed by atoms with Crippen LogP contribution in [0.5, 0.6) is 0 Å². The molecule has 0 spiro atoms. The van der Waals surface area contributed by atoms with E-state index in [9.17, 15) is 9.59 Å². The summed E-state index contributed by atoms with van der Waals surface area (Å²) in [4.78, 5) is 26.0. The van der Waals surface area contributed by atoms with Gasteiger partial charge in [0.25, 0.3) is 5.91 Å². The molecule has 1 aromatic heterocycles. The zero-order valence-electron chi connectivity index (χ0n) is 15.1. The van der Waals surface area contributed by atoms with Crippen molar-refractivity contribution < 1.29 is 9.59 Å². The van der Waals surface area contributed by atoms with Crippen molar-refractivity contribution in [3.05, 3.63) is 58.3 Å². The van der Waals surface area contributed by atoms with Gasteiger partial charge >= 0.3 is 0 Å². The lowest BCUT2D eigenvalue weighted by Crippen LogP contribution is -2.51. The molecule has 2 N–H and O–H groups in total. The highest BCUT2D eigenvalue weighted by atomic mass is 32.1. The second-order valence-corrected chi connectivity index (χ2v) is 8.12. The molecular formula is C21H26N2O2S. The van der Waals surface area contributed by atoms with E-state index in [1.807, 2.05) is 41.8 Å². The molecule has 0 radical (unpaired) electrons. The first kappa shape index (κ1) is 18.6. The maximum Gasteiger partial charge on any atom is 0.262 e. The number of hydrogen-bond donors (Lipinski definition) is 2. The number of nitrogens with one attached hydrogen (secondary N) is 2. The number of thiophene rings is 1. The van der Waals surface area contributed by atoms with Crippen LogP contribution in [0.3, 0.4) is 0 Å². The van der Waals surface area contributed by atoms with Gasteiger partial charge in [-0.25, -0.2) is 0 Å². The second-order valence-electron chi connectivity index (χ2n) is 7.17. The minimum atomic E-state index is -0.566. The predicted molar refractivity (Wildman–Crippen MR) is 105 cm³/mol. The van der Waals surface area contributed by atoms with Crippen molar-refractivity contribution in [2.24, 2.45) is 5.92 Å². The van der Waals surface area contributed by atoms with Gasteiger partial charge < -0.3 is 10.6 Å². The maximum absolute atomic E-state index is 12.9. The van der Waals surface area contributed by atoms with E-state index in [4.69, 9.17) is 0 Å². The average molecular weight is 371 g/mol. The first-order chi connectivity index (χ1) is 12.6. The lowest BCUT2D eigenvalue weighted by Gasteiger charge is -2.29. The predicted octanol–water partition coefficient (Wildman–Crippen LogP) is 3.78. The normalized spacial score (nSPS) is 21.0. The van der Waals surface area contributed by atoms with Crippen molar-refractivity contribution in [3.8, 4) is 0 Å². The fourth-order valence-corrected chi connectivity index (χ4v) is 4.19. The number of rotatable bonds is 6.